The number of nitrogens with one attached hydrogen (secondary N) is 2. The Hall–Kier alpha value is -3.66. The van der Waals surface area contributed by atoms with Crippen LogP contribution in [0.25, 0.3) is 28.5 Å². The van der Waals surface area contributed by atoms with Gasteiger partial charge in [0.05, 0.1) is 11.0 Å². The Bertz CT molecular complexity index is 1180. The van der Waals surface area contributed by atoms with Crippen LogP contribution in [0.15, 0.2) is 72.8 Å². The molecule has 0 unspecified atom stereocenters. The van der Waals surface area contributed by atoms with E-state index in [0.29, 0.717) is 5.92 Å². The number of fused-ring (bicyclic) bond motifs is 1. The molecule has 0 atom stereocenters. The number of benzene rings is 3. The van der Waals surface area contributed by atoms with Crippen LogP contribution in [-0.2, 0) is 4.79 Å². The van der Waals surface area contributed by atoms with Gasteiger partial charge in [-0.1, -0.05) is 62.4 Å². The molecule has 0 fully saturated rings. The lowest BCUT2D eigenvalue weighted by molar-refractivity contribution is -0.111. The highest BCUT2D eigenvalue weighted by atomic mass is 16.1. The fourth-order valence-corrected chi connectivity index (χ4v) is 3.33. The molecule has 1 amide bonds. The van der Waals surface area contributed by atoms with Gasteiger partial charge < -0.3 is 10.3 Å². The van der Waals surface area contributed by atoms with Crippen molar-refractivity contribution in [3.63, 3.8) is 0 Å². The molecular weight excluding hydrogens is 370 g/mol. The Balaban J connectivity index is 1.51. The number of H-pyrrole nitrogens is 1. The molecule has 30 heavy (non-hydrogen) atoms. The lowest BCUT2D eigenvalue weighted by Gasteiger charge is -2.08. The first-order valence-corrected chi connectivity index (χ1v) is 10.1. The number of anilines is 1. The van der Waals surface area contributed by atoms with Crippen LogP contribution in [0.5, 0.6) is 0 Å². The van der Waals surface area contributed by atoms with Gasteiger partial charge in [0.25, 0.3) is 0 Å². The molecule has 0 spiro atoms. The highest BCUT2D eigenvalue weighted by molar-refractivity contribution is 6.02. The van der Waals surface area contributed by atoms with Gasteiger partial charge in [-0.15, -0.1) is 0 Å². The summed E-state index contributed by atoms with van der Waals surface area (Å²) in [6, 6.07) is 22.2. The second kappa shape index (κ2) is 8.37. The molecule has 4 heteroatoms. The molecule has 0 saturated heterocycles. The molecule has 1 aromatic heterocycles. The maximum Gasteiger partial charge on any atom is 0.248 e. The Morgan fingerprint density at radius 1 is 1.03 bits per heavy atom. The fraction of sp³-hybridized carbons (Fsp3) is 0.154. The van der Waals surface area contributed by atoms with Crippen LogP contribution >= 0.6 is 0 Å². The van der Waals surface area contributed by atoms with Gasteiger partial charge in [-0.25, -0.2) is 4.98 Å². The Labute approximate surface area is 176 Å². The van der Waals surface area contributed by atoms with E-state index in [4.69, 9.17) is 0 Å². The van der Waals surface area contributed by atoms with Gasteiger partial charge >= 0.3 is 0 Å². The van der Waals surface area contributed by atoms with Gasteiger partial charge in [-0.2, -0.15) is 0 Å². The first-order chi connectivity index (χ1) is 14.5. The summed E-state index contributed by atoms with van der Waals surface area (Å²) in [5.41, 5.74) is 6.91. The van der Waals surface area contributed by atoms with Gasteiger partial charge in [-0.3, -0.25) is 4.79 Å². The van der Waals surface area contributed by atoms with Gasteiger partial charge in [0.1, 0.15) is 5.82 Å². The zero-order valence-electron chi connectivity index (χ0n) is 17.4. The molecule has 150 valence electrons. The third-order valence-electron chi connectivity index (χ3n) is 5.19. The van der Waals surface area contributed by atoms with E-state index in [1.54, 1.807) is 6.08 Å². The largest absolute Gasteiger partial charge is 0.338 e. The molecule has 0 aliphatic rings. The number of carbonyl (C=O) groups excluding carboxylic acids is 1. The first-order valence-electron chi connectivity index (χ1n) is 10.1. The fourth-order valence-electron chi connectivity index (χ4n) is 3.33. The zero-order valence-corrected chi connectivity index (χ0v) is 17.4. The van der Waals surface area contributed by atoms with Crippen molar-refractivity contribution < 1.29 is 4.79 Å². The number of aromatic amines is 1. The molecule has 4 aromatic rings. The van der Waals surface area contributed by atoms with Crippen molar-refractivity contribution >= 4 is 28.7 Å². The average Bonchev–Trinajstić information content (AvgIpc) is 3.18. The van der Waals surface area contributed by atoms with Gasteiger partial charge in [-0.05, 0) is 53.8 Å². The van der Waals surface area contributed by atoms with E-state index in [2.05, 4.69) is 41.3 Å². The lowest BCUT2D eigenvalue weighted by Crippen LogP contribution is -2.09. The van der Waals surface area contributed by atoms with Crippen LogP contribution in [0, 0.1) is 6.92 Å². The minimum absolute atomic E-state index is 0.159. The van der Waals surface area contributed by atoms with E-state index < -0.39 is 0 Å². The molecule has 0 bridgehead atoms. The number of hydrogen-bond acceptors (Lipinski definition) is 2. The van der Waals surface area contributed by atoms with E-state index in [0.717, 1.165) is 39.2 Å². The SMILES string of the molecule is Cc1ccc(-c2nc3ccccc3[nH]2)cc1NC(=O)C=Cc1ccc(C(C)C)cc1. The second-order valence-electron chi connectivity index (χ2n) is 7.78. The number of aromatic nitrogens is 2. The van der Waals surface area contributed by atoms with Crippen molar-refractivity contribution in [2.75, 3.05) is 5.32 Å². The standard InChI is InChI=1S/C26H25N3O/c1-17(2)20-13-9-19(10-14-20)11-15-25(30)27-24-16-21(12-8-18(24)3)26-28-22-6-4-5-7-23(22)29-26/h4-17H,1-3H3,(H,27,30)(H,28,29). The monoisotopic (exact) mass is 395 g/mol. The minimum atomic E-state index is -0.159. The van der Waals surface area contributed by atoms with Crippen LogP contribution < -0.4 is 5.32 Å². The van der Waals surface area contributed by atoms with E-state index in [1.165, 1.54) is 5.56 Å². The number of nitrogens with zero attached hydrogens (tertiary/aromatic N) is 1. The first kappa shape index (κ1) is 19.6. The highest BCUT2D eigenvalue weighted by Crippen LogP contribution is 2.25. The zero-order chi connectivity index (χ0) is 21.1. The maximum absolute atomic E-state index is 12.5. The Morgan fingerprint density at radius 3 is 2.53 bits per heavy atom. The number of aryl methyl sites for hydroxylation is 1. The predicted molar refractivity (Wildman–Crippen MR) is 124 cm³/mol. The number of carbonyl (C=O) groups is 1. The highest BCUT2D eigenvalue weighted by Gasteiger charge is 2.09. The number of para-hydroxylation sites is 2. The number of imidazole rings is 1. The molecule has 0 radical (unpaired) electrons. The number of rotatable bonds is 5. The number of hydrogen-bond donors (Lipinski definition) is 2. The van der Waals surface area contributed by atoms with E-state index >= 15 is 0 Å². The molecule has 0 saturated carbocycles. The Kier molecular flexibility index (Phi) is 5.48. The molecule has 0 aliphatic heterocycles. The minimum Gasteiger partial charge on any atom is -0.338 e. The topological polar surface area (TPSA) is 57.8 Å². The molecule has 0 aliphatic carbocycles. The molecule has 4 nitrogen and oxygen atoms in total. The quantitative estimate of drug-likeness (QED) is 0.389. The van der Waals surface area contributed by atoms with E-state index in [1.807, 2.05) is 67.6 Å². The van der Waals surface area contributed by atoms with Crippen LogP contribution in [-0.4, -0.2) is 15.9 Å². The summed E-state index contributed by atoms with van der Waals surface area (Å²) in [4.78, 5) is 20.5. The lowest BCUT2D eigenvalue weighted by atomic mass is 10.0. The maximum atomic E-state index is 12.5. The summed E-state index contributed by atoms with van der Waals surface area (Å²) in [6.45, 7) is 6.31. The second-order valence-corrected chi connectivity index (χ2v) is 7.78. The van der Waals surface area contributed by atoms with Gasteiger partial charge in [0.15, 0.2) is 0 Å². The van der Waals surface area contributed by atoms with Crippen LogP contribution in [0.2, 0.25) is 0 Å². The summed E-state index contributed by atoms with van der Waals surface area (Å²) in [7, 11) is 0. The molecular formula is C26H25N3O. The summed E-state index contributed by atoms with van der Waals surface area (Å²) < 4.78 is 0. The smallest absolute Gasteiger partial charge is 0.248 e. The average molecular weight is 396 g/mol. The van der Waals surface area contributed by atoms with Crippen LogP contribution in [0.1, 0.15) is 36.5 Å². The van der Waals surface area contributed by atoms with Crippen LogP contribution in [0.3, 0.4) is 0 Å². The third kappa shape index (κ3) is 4.33. The summed E-state index contributed by atoms with van der Waals surface area (Å²) >= 11 is 0. The summed E-state index contributed by atoms with van der Waals surface area (Å²) in [6.07, 6.45) is 3.40. The Morgan fingerprint density at radius 2 is 1.80 bits per heavy atom. The summed E-state index contributed by atoms with van der Waals surface area (Å²) in [5, 5.41) is 2.99. The molecule has 4 rings (SSSR count). The third-order valence-corrected chi connectivity index (χ3v) is 5.19. The van der Waals surface area contributed by atoms with Crippen molar-refractivity contribution in [2.24, 2.45) is 0 Å². The van der Waals surface area contributed by atoms with Crippen molar-refractivity contribution in [1.82, 2.24) is 9.97 Å². The molecule has 1 heterocycles. The number of amides is 1. The summed E-state index contributed by atoms with van der Waals surface area (Å²) in [5.74, 6) is 1.12. The predicted octanol–water partition coefficient (Wildman–Crippen LogP) is 6.31. The normalized spacial score (nSPS) is 11.5. The van der Waals surface area contributed by atoms with Crippen LogP contribution in [0.4, 0.5) is 5.69 Å². The van der Waals surface area contributed by atoms with Gasteiger partial charge in [0, 0.05) is 17.3 Å². The molecule has 3 aromatic carbocycles. The van der Waals surface area contributed by atoms with Crippen molar-refractivity contribution in [3.8, 4) is 11.4 Å². The molecule has 2 N–H and O–H groups in total. The van der Waals surface area contributed by atoms with E-state index in [-0.39, 0.29) is 5.91 Å². The van der Waals surface area contributed by atoms with Crippen molar-refractivity contribution in [1.29, 1.82) is 0 Å². The van der Waals surface area contributed by atoms with Gasteiger partial charge in [0.2, 0.25) is 5.91 Å². The van der Waals surface area contributed by atoms with E-state index in [9.17, 15) is 4.79 Å². The van der Waals surface area contributed by atoms with Crippen molar-refractivity contribution in [2.45, 2.75) is 26.7 Å². The van der Waals surface area contributed by atoms with Crippen molar-refractivity contribution in [3.05, 3.63) is 89.5 Å².